The number of carbonyl (C=O) groups is 1. The van der Waals surface area contributed by atoms with Crippen molar-refractivity contribution in [2.24, 2.45) is 0 Å². The Morgan fingerprint density at radius 1 is 1.00 bits per heavy atom. The second kappa shape index (κ2) is 9.67. The van der Waals surface area contributed by atoms with Crippen LogP contribution in [-0.2, 0) is 19.4 Å². The number of anilines is 1. The van der Waals surface area contributed by atoms with Gasteiger partial charge in [-0.2, -0.15) is 0 Å². The van der Waals surface area contributed by atoms with E-state index in [9.17, 15) is 4.79 Å². The van der Waals surface area contributed by atoms with Gasteiger partial charge in [-0.05, 0) is 48.7 Å². The lowest BCUT2D eigenvalue weighted by Gasteiger charge is -2.12. The lowest BCUT2D eigenvalue weighted by Crippen LogP contribution is -2.32. The number of aryl methyl sites for hydroxylation is 3. The molecule has 0 atom stereocenters. The summed E-state index contributed by atoms with van der Waals surface area (Å²) >= 11 is 6.04. The fraction of sp³-hybridized carbons (Fsp3) is 0.200. The molecule has 4 rings (SSSR count). The van der Waals surface area contributed by atoms with Gasteiger partial charge in [-0.25, -0.2) is 9.78 Å². The fourth-order valence-electron chi connectivity index (χ4n) is 3.64. The van der Waals surface area contributed by atoms with Crippen LogP contribution in [0.3, 0.4) is 0 Å². The molecule has 2 amide bonds. The van der Waals surface area contributed by atoms with Crippen molar-refractivity contribution in [3.05, 3.63) is 94.8 Å². The molecule has 0 aliphatic heterocycles. The molecule has 0 radical (unpaired) electrons. The first-order chi connectivity index (χ1) is 15.1. The SMILES string of the molecule is Cc1ccc(Cl)cc1NC(=O)NCCn1c(CCc2ccccc2)nc2ccccc21. The Hall–Kier alpha value is -3.31. The summed E-state index contributed by atoms with van der Waals surface area (Å²) in [5.41, 5.74) is 5.02. The molecule has 6 heteroatoms. The second-order valence-corrected chi connectivity index (χ2v) is 7.93. The van der Waals surface area contributed by atoms with E-state index in [1.807, 2.05) is 37.3 Å². The van der Waals surface area contributed by atoms with E-state index in [1.165, 1.54) is 5.56 Å². The Balaban J connectivity index is 1.42. The molecular formula is C25H25ClN4O. The molecule has 158 valence electrons. The van der Waals surface area contributed by atoms with Crippen molar-refractivity contribution in [1.82, 2.24) is 14.9 Å². The number of para-hydroxylation sites is 2. The van der Waals surface area contributed by atoms with Crippen molar-refractivity contribution in [1.29, 1.82) is 0 Å². The monoisotopic (exact) mass is 432 g/mol. The van der Waals surface area contributed by atoms with Gasteiger partial charge >= 0.3 is 6.03 Å². The molecule has 3 aromatic carbocycles. The number of rotatable bonds is 7. The highest BCUT2D eigenvalue weighted by molar-refractivity contribution is 6.31. The summed E-state index contributed by atoms with van der Waals surface area (Å²) in [6, 6.07) is 23.7. The van der Waals surface area contributed by atoms with E-state index in [2.05, 4.69) is 45.5 Å². The van der Waals surface area contributed by atoms with Gasteiger partial charge in [-0.3, -0.25) is 0 Å². The number of urea groups is 1. The van der Waals surface area contributed by atoms with Crippen LogP contribution in [0.15, 0.2) is 72.8 Å². The smallest absolute Gasteiger partial charge is 0.319 e. The largest absolute Gasteiger partial charge is 0.336 e. The number of fused-ring (bicyclic) bond motifs is 1. The highest BCUT2D eigenvalue weighted by Crippen LogP contribution is 2.20. The summed E-state index contributed by atoms with van der Waals surface area (Å²) in [5.74, 6) is 1.03. The molecule has 1 heterocycles. The van der Waals surface area contributed by atoms with E-state index < -0.39 is 0 Å². The third-order valence-corrected chi connectivity index (χ3v) is 5.52. The first-order valence-electron chi connectivity index (χ1n) is 10.4. The summed E-state index contributed by atoms with van der Waals surface area (Å²) in [4.78, 5) is 17.2. The highest BCUT2D eigenvalue weighted by Gasteiger charge is 2.11. The zero-order chi connectivity index (χ0) is 21.6. The maximum Gasteiger partial charge on any atom is 0.319 e. The molecule has 4 aromatic rings. The predicted molar refractivity (Wildman–Crippen MR) is 127 cm³/mol. The van der Waals surface area contributed by atoms with E-state index in [0.29, 0.717) is 23.8 Å². The topological polar surface area (TPSA) is 59.0 Å². The second-order valence-electron chi connectivity index (χ2n) is 7.49. The third kappa shape index (κ3) is 5.25. The first-order valence-corrected chi connectivity index (χ1v) is 10.8. The lowest BCUT2D eigenvalue weighted by molar-refractivity contribution is 0.251. The molecule has 0 unspecified atom stereocenters. The zero-order valence-electron chi connectivity index (χ0n) is 17.4. The van der Waals surface area contributed by atoms with Gasteiger partial charge in [0.25, 0.3) is 0 Å². The van der Waals surface area contributed by atoms with Gasteiger partial charge in [0, 0.05) is 30.2 Å². The summed E-state index contributed by atoms with van der Waals surface area (Å²) in [6.45, 7) is 3.07. The molecule has 0 spiro atoms. The van der Waals surface area contributed by atoms with Crippen molar-refractivity contribution in [3.63, 3.8) is 0 Å². The number of nitrogens with one attached hydrogen (secondary N) is 2. The number of halogens is 1. The van der Waals surface area contributed by atoms with Crippen molar-refractivity contribution < 1.29 is 4.79 Å². The van der Waals surface area contributed by atoms with E-state index in [4.69, 9.17) is 16.6 Å². The van der Waals surface area contributed by atoms with Crippen LogP contribution in [0.4, 0.5) is 10.5 Å². The van der Waals surface area contributed by atoms with E-state index in [0.717, 1.165) is 35.3 Å². The normalized spacial score (nSPS) is 10.9. The van der Waals surface area contributed by atoms with Crippen LogP contribution in [0.25, 0.3) is 11.0 Å². The summed E-state index contributed by atoms with van der Waals surface area (Å²) in [5, 5.41) is 6.40. The van der Waals surface area contributed by atoms with Gasteiger partial charge < -0.3 is 15.2 Å². The van der Waals surface area contributed by atoms with E-state index in [-0.39, 0.29) is 6.03 Å². The van der Waals surface area contributed by atoms with Gasteiger partial charge in [0.15, 0.2) is 0 Å². The molecule has 2 N–H and O–H groups in total. The molecule has 0 aliphatic rings. The molecule has 0 fully saturated rings. The van der Waals surface area contributed by atoms with Crippen molar-refractivity contribution >= 4 is 34.4 Å². The van der Waals surface area contributed by atoms with Gasteiger partial charge in [0.05, 0.1) is 11.0 Å². The zero-order valence-corrected chi connectivity index (χ0v) is 18.2. The maximum absolute atomic E-state index is 12.4. The molecule has 0 saturated heterocycles. The predicted octanol–water partition coefficient (Wildman–Crippen LogP) is 5.61. The molecule has 1 aromatic heterocycles. The van der Waals surface area contributed by atoms with Gasteiger partial charge in [0.1, 0.15) is 5.82 Å². The summed E-state index contributed by atoms with van der Waals surface area (Å²) in [6.07, 6.45) is 1.76. The number of amides is 2. The van der Waals surface area contributed by atoms with Gasteiger partial charge in [-0.1, -0.05) is 60.1 Å². The Bertz CT molecular complexity index is 1190. The van der Waals surface area contributed by atoms with E-state index in [1.54, 1.807) is 12.1 Å². The minimum absolute atomic E-state index is 0.249. The molecule has 5 nitrogen and oxygen atoms in total. The quantitative estimate of drug-likeness (QED) is 0.399. The van der Waals surface area contributed by atoms with Crippen LogP contribution in [-0.4, -0.2) is 22.1 Å². The van der Waals surface area contributed by atoms with Crippen LogP contribution >= 0.6 is 11.6 Å². The van der Waals surface area contributed by atoms with Crippen LogP contribution in [0.5, 0.6) is 0 Å². The van der Waals surface area contributed by atoms with Crippen molar-refractivity contribution in [2.75, 3.05) is 11.9 Å². The maximum atomic E-state index is 12.4. The molecular weight excluding hydrogens is 408 g/mol. The fourth-order valence-corrected chi connectivity index (χ4v) is 3.82. The molecule has 0 saturated carbocycles. The number of imidazole rings is 1. The van der Waals surface area contributed by atoms with Crippen molar-refractivity contribution in [3.8, 4) is 0 Å². The minimum Gasteiger partial charge on any atom is -0.336 e. The van der Waals surface area contributed by atoms with Crippen LogP contribution in [0.2, 0.25) is 5.02 Å². The molecule has 0 bridgehead atoms. The average Bonchev–Trinajstić information content (AvgIpc) is 3.13. The van der Waals surface area contributed by atoms with Crippen molar-refractivity contribution in [2.45, 2.75) is 26.3 Å². The molecule has 31 heavy (non-hydrogen) atoms. The Labute approximate surface area is 187 Å². The number of nitrogens with zero attached hydrogens (tertiary/aromatic N) is 2. The van der Waals surface area contributed by atoms with Gasteiger partial charge in [0.2, 0.25) is 0 Å². The average molecular weight is 433 g/mol. The summed E-state index contributed by atoms with van der Waals surface area (Å²) in [7, 11) is 0. The van der Waals surface area contributed by atoms with Gasteiger partial charge in [-0.15, -0.1) is 0 Å². The Morgan fingerprint density at radius 2 is 1.77 bits per heavy atom. The molecule has 0 aliphatic carbocycles. The minimum atomic E-state index is -0.249. The third-order valence-electron chi connectivity index (χ3n) is 5.28. The van der Waals surface area contributed by atoms with Crippen LogP contribution in [0.1, 0.15) is 17.0 Å². The number of benzene rings is 3. The van der Waals surface area contributed by atoms with E-state index >= 15 is 0 Å². The number of aromatic nitrogens is 2. The number of hydrogen-bond donors (Lipinski definition) is 2. The Morgan fingerprint density at radius 3 is 2.61 bits per heavy atom. The highest BCUT2D eigenvalue weighted by atomic mass is 35.5. The number of carbonyl (C=O) groups excluding carboxylic acids is 1. The Kier molecular flexibility index (Phi) is 6.53. The lowest BCUT2D eigenvalue weighted by atomic mass is 10.1. The first kappa shape index (κ1) is 20.9. The number of hydrogen-bond acceptors (Lipinski definition) is 2. The summed E-state index contributed by atoms with van der Waals surface area (Å²) < 4.78 is 2.20. The standard InChI is InChI=1S/C25H25ClN4O/c1-18-11-13-20(26)17-22(18)29-25(31)27-15-16-30-23-10-6-5-9-21(23)28-24(30)14-12-19-7-3-2-4-8-19/h2-11,13,17H,12,14-16H2,1H3,(H2,27,29,31). The van der Waals surface area contributed by atoms with Crippen LogP contribution in [0, 0.1) is 6.92 Å². The van der Waals surface area contributed by atoms with Crippen LogP contribution < -0.4 is 10.6 Å².